The number of hydrogen-bond donors (Lipinski definition) is 1. The van der Waals surface area contributed by atoms with E-state index in [9.17, 15) is 19.5 Å². The van der Waals surface area contributed by atoms with E-state index in [0.29, 0.717) is 23.9 Å². The molecule has 2 atom stereocenters. The molecule has 0 aromatic carbocycles. The number of carbonyl (C=O) groups excluding carboxylic acids is 2. The van der Waals surface area contributed by atoms with Crippen LogP contribution >= 0.6 is 0 Å². The van der Waals surface area contributed by atoms with Crippen molar-refractivity contribution in [2.45, 2.75) is 245 Å². The Morgan fingerprint density at radius 2 is 0.557 bits per heavy atom. The standard InChI is InChI=1S/C88H133NO8/c1-6-8-10-12-14-16-18-20-22-24-26-28-30-32-34-36-38-39-40-41-42-43-44-45-46-47-49-51-53-55-57-59-61-63-65-67-69-71-73-75-77-79-86(91)97-84(83-96-88(87(92)93)94-81-80-89(3,4)5)82-95-85(90)78-76-74-72-70-68-66-64-62-60-58-56-54-52-50-48-37-35-33-31-29-27-25-23-21-19-17-15-13-11-9-7-2/h8-11,14-17,20-23,26-29,32-35,38-39,41-42,44-45,47-50,53-56,59-62,65,67,84,88H,6-7,12-13,18-19,24-25,30-31,36-37,40,43,46,51-52,57-58,63-64,66,68-83H2,1-5H3/p+1/b10-8-,11-9-,16-14-,17-15-,22-20-,23-21-,28-26-,29-27-,34-32-,35-33-,39-38-,42-41-,45-44-,49-47-,50-48-,55-53-,56-54-,61-59-,62-60-,67-65-. The zero-order valence-corrected chi connectivity index (χ0v) is 61.4. The fourth-order valence-electron chi connectivity index (χ4n) is 9.01. The van der Waals surface area contributed by atoms with Gasteiger partial charge in [0, 0.05) is 12.8 Å². The number of quaternary nitrogens is 1. The van der Waals surface area contributed by atoms with E-state index in [1.165, 1.54) is 0 Å². The average molecular weight is 1330 g/mol. The van der Waals surface area contributed by atoms with Crippen molar-refractivity contribution >= 4 is 17.9 Å². The van der Waals surface area contributed by atoms with Crippen molar-refractivity contribution in [2.24, 2.45) is 0 Å². The Hall–Kier alpha value is -6.91. The first-order valence-corrected chi connectivity index (χ1v) is 37.2. The first-order chi connectivity index (χ1) is 47.6. The van der Waals surface area contributed by atoms with E-state index < -0.39 is 24.3 Å². The summed E-state index contributed by atoms with van der Waals surface area (Å²) in [4.78, 5) is 37.7. The lowest BCUT2D eigenvalue weighted by Crippen LogP contribution is -2.40. The molecule has 1 N–H and O–H groups in total. The number of aliphatic carboxylic acids is 1. The van der Waals surface area contributed by atoms with Crippen LogP contribution in [0.1, 0.15) is 232 Å². The van der Waals surface area contributed by atoms with Crippen molar-refractivity contribution in [2.75, 3.05) is 47.5 Å². The predicted octanol–water partition coefficient (Wildman–Crippen LogP) is 24.0. The third-order valence-electron chi connectivity index (χ3n) is 14.6. The second-order valence-electron chi connectivity index (χ2n) is 24.8. The molecule has 0 fully saturated rings. The summed E-state index contributed by atoms with van der Waals surface area (Å²) in [6.45, 7) is 4.56. The Morgan fingerprint density at radius 1 is 0.309 bits per heavy atom. The van der Waals surface area contributed by atoms with Gasteiger partial charge in [-0.3, -0.25) is 9.59 Å². The van der Waals surface area contributed by atoms with Gasteiger partial charge in [0.15, 0.2) is 6.10 Å². The van der Waals surface area contributed by atoms with Gasteiger partial charge in [0.2, 0.25) is 0 Å². The molecule has 0 aromatic rings. The fourth-order valence-corrected chi connectivity index (χ4v) is 9.01. The molecule has 0 rings (SSSR count). The summed E-state index contributed by atoms with van der Waals surface area (Å²) < 4.78 is 22.9. The summed E-state index contributed by atoms with van der Waals surface area (Å²) in [5, 5.41) is 9.76. The van der Waals surface area contributed by atoms with E-state index in [1.807, 2.05) is 21.1 Å². The van der Waals surface area contributed by atoms with Gasteiger partial charge in [-0.1, -0.05) is 295 Å². The molecule has 0 aliphatic carbocycles. The number of likely N-dealkylation sites (N-methyl/N-ethyl adjacent to an activating group) is 1. The number of rotatable bonds is 65. The van der Waals surface area contributed by atoms with Crippen LogP contribution in [-0.2, 0) is 33.3 Å². The SMILES string of the molecule is CC/C=C\C/C=C\C/C=C\C/C=C\C/C=C\C/C=C\C/C=C\C/C=C\C/C=C\C/C=C\C/C=C\C/C=C\CCCCCCC(=O)OC(COC(=O)CCCCCCCC/C=C\C/C=C\C/C=C\C/C=C\C/C=C\C/C=C\C/C=C\C/C=C\CC)COC(OCC[N+](C)(C)C)C(=O)O. The van der Waals surface area contributed by atoms with Crippen molar-refractivity contribution < 1.29 is 42.9 Å². The number of carboxylic acid groups (broad SMARTS) is 1. The fraction of sp³-hybridized carbons (Fsp3) is 0.511. The number of ether oxygens (including phenoxy) is 4. The van der Waals surface area contributed by atoms with Gasteiger partial charge in [-0.25, -0.2) is 4.79 Å². The van der Waals surface area contributed by atoms with Gasteiger partial charge >= 0.3 is 17.9 Å². The highest BCUT2D eigenvalue weighted by Gasteiger charge is 2.25. The van der Waals surface area contributed by atoms with E-state index in [2.05, 4.69) is 257 Å². The topological polar surface area (TPSA) is 108 Å². The molecule has 97 heavy (non-hydrogen) atoms. The van der Waals surface area contributed by atoms with Gasteiger partial charge in [0.1, 0.15) is 13.2 Å². The number of carbonyl (C=O) groups is 3. The summed E-state index contributed by atoms with van der Waals surface area (Å²) in [5.74, 6) is -2.09. The van der Waals surface area contributed by atoms with E-state index in [-0.39, 0.29) is 38.6 Å². The number of unbranched alkanes of at least 4 members (excludes halogenated alkanes) is 10. The minimum atomic E-state index is -1.54. The van der Waals surface area contributed by atoms with E-state index in [0.717, 1.165) is 193 Å². The lowest BCUT2D eigenvalue weighted by molar-refractivity contribution is -0.870. The van der Waals surface area contributed by atoms with Crippen LogP contribution in [0.2, 0.25) is 0 Å². The second kappa shape index (κ2) is 74.9. The third-order valence-corrected chi connectivity index (χ3v) is 14.6. The third kappa shape index (κ3) is 76.3. The number of allylic oxidation sites excluding steroid dienone is 40. The van der Waals surface area contributed by atoms with Crippen LogP contribution < -0.4 is 0 Å². The smallest absolute Gasteiger partial charge is 0.361 e. The second-order valence-corrected chi connectivity index (χ2v) is 24.8. The number of hydrogen-bond acceptors (Lipinski definition) is 7. The Morgan fingerprint density at radius 3 is 0.825 bits per heavy atom. The van der Waals surface area contributed by atoms with Crippen molar-refractivity contribution in [3.05, 3.63) is 243 Å². The molecule has 0 amide bonds. The van der Waals surface area contributed by atoms with Crippen LogP contribution in [0.5, 0.6) is 0 Å². The number of nitrogens with zero attached hydrogens (tertiary/aromatic N) is 1. The van der Waals surface area contributed by atoms with Crippen LogP contribution in [-0.4, -0.2) is 87.4 Å². The minimum absolute atomic E-state index is 0.165. The normalized spacial score (nSPS) is 14.1. The average Bonchev–Trinajstić information content (AvgIpc) is 3.27. The molecule has 0 heterocycles. The van der Waals surface area contributed by atoms with Crippen LogP contribution in [0.4, 0.5) is 0 Å². The summed E-state index contributed by atoms with van der Waals surface area (Å²) in [7, 11) is 5.94. The van der Waals surface area contributed by atoms with Crippen molar-refractivity contribution in [1.29, 1.82) is 0 Å². The van der Waals surface area contributed by atoms with Crippen LogP contribution in [0.25, 0.3) is 0 Å². The van der Waals surface area contributed by atoms with Crippen LogP contribution in [0, 0.1) is 0 Å². The summed E-state index contributed by atoms with van der Waals surface area (Å²) in [6.07, 6.45) is 118. The van der Waals surface area contributed by atoms with Gasteiger partial charge in [-0.05, 0) is 167 Å². The molecular weight excluding hydrogens is 1200 g/mol. The number of esters is 2. The first-order valence-electron chi connectivity index (χ1n) is 37.2. The minimum Gasteiger partial charge on any atom is -0.477 e. The largest absolute Gasteiger partial charge is 0.477 e. The van der Waals surface area contributed by atoms with Gasteiger partial charge < -0.3 is 28.5 Å². The maximum absolute atomic E-state index is 13.0. The highest BCUT2D eigenvalue weighted by Crippen LogP contribution is 2.13. The molecule has 0 spiro atoms. The van der Waals surface area contributed by atoms with Crippen LogP contribution in [0.3, 0.4) is 0 Å². The van der Waals surface area contributed by atoms with Crippen molar-refractivity contribution in [3.8, 4) is 0 Å². The quantitative estimate of drug-likeness (QED) is 0.0211. The molecule has 0 aliphatic rings. The maximum Gasteiger partial charge on any atom is 0.361 e. The van der Waals surface area contributed by atoms with Gasteiger partial charge in [-0.2, -0.15) is 0 Å². The zero-order valence-electron chi connectivity index (χ0n) is 61.4. The van der Waals surface area contributed by atoms with Crippen molar-refractivity contribution in [1.82, 2.24) is 0 Å². The van der Waals surface area contributed by atoms with E-state index in [4.69, 9.17) is 18.9 Å². The zero-order chi connectivity index (χ0) is 70.4. The molecule has 0 radical (unpaired) electrons. The van der Waals surface area contributed by atoms with E-state index >= 15 is 0 Å². The molecule has 9 heteroatoms. The predicted molar refractivity (Wildman–Crippen MR) is 418 cm³/mol. The van der Waals surface area contributed by atoms with Gasteiger partial charge in [0.25, 0.3) is 6.29 Å². The molecular formula is C88H134NO8+. The van der Waals surface area contributed by atoms with E-state index in [1.54, 1.807) is 0 Å². The van der Waals surface area contributed by atoms with Crippen LogP contribution in [0.15, 0.2) is 243 Å². The Labute approximate surface area is 592 Å². The molecule has 2 unspecified atom stereocenters. The molecule has 9 nitrogen and oxygen atoms in total. The molecule has 538 valence electrons. The highest BCUT2D eigenvalue weighted by molar-refractivity contribution is 5.71. The van der Waals surface area contributed by atoms with Gasteiger partial charge in [-0.15, -0.1) is 0 Å². The monoisotopic (exact) mass is 1330 g/mol. The number of carboxylic acids is 1. The maximum atomic E-state index is 13.0. The lowest BCUT2D eigenvalue weighted by Gasteiger charge is -2.25. The Bertz CT molecular complexity index is 2500. The Balaban J connectivity index is 4.29. The molecule has 0 saturated carbocycles. The van der Waals surface area contributed by atoms with Gasteiger partial charge in [0.05, 0.1) is 34.4 Å². The van der Waals surface area contributed by atoms with Crippen molar-refractivity contribution in [3.63, 3.8) is 0 Å². The molecule has 0 aromatic heterocycles. The molecule has 0 aliphatic heterocycles. The summed E-state index contributed by atoms with van der Waals surface area (Å²) in [6, 6.07) is 0. The lowest BCUT2D eigenvalue weighted by atomic mass is 10.1. The summed E-state index contributed by atoms with van der Waals surface area (Å²) >= 11 is 0. The summed E-state index contributed by atoms with van der Waals surface area (Å²) in [5.41, 5.74) is 0. The molecule has 0 bridgehead atoms. The highest BCUT2D eigenvalue weighted by atomic mass is 16.7. The Kier molecular flexibility index (Phi) is 69.5. The first kappa shape index (κ1) is 90.1. The molecule has 0 saturated heterocycles.